The standard InChI is InChI=1S/C14H17N3O3/c1-5-7-16-9-12(18)17(13(16)19)11-8-10(20-15-11)14(3,4)6-2/h2,5,8,12,18H,1,7,9H2,3-4H3. The molecule has 1 aromatic rings. The van der Waals surface area contributed by atoms with E-state index in [4.69, 9.17) is 10.9 Å². The molecule has 2 rings (SSSR count). The van der Waals surface area contributed by atoms with Crippen molar-refractivity contribution < 1.29 is 14.4 Å². The van der Waals surface area contributed by atoms with Gasteiger partial charge in [0.1, 0.15) is 0 Å². The van der Waals surface area contributed by atoms with Crippen molar-refractivity contribution in [2.24, 2.45) is 0 Å². The van der Waals surface area contributed by atoms with Gasteiger partial charge < -0.3 is 14.5 Å². The van der Waals surface area contributed by atoms with Crippen LogP contribution >= 0.6 is 0 Å². The fraction of sp³-hybridized carbons (Fsp3) is 0.429. The summed E-state index contributed by atoms with van der Waals surface area (Å²) in [5.74, 6) is 3.32. The Hall–Kier alpha value is -2.26. The van der Waals surface area contributed by atoms with Crippen molar-refractivity contribution >= 4 is 11.8 Å². The van der Waals surface area contributed by atoms with Gasteiger partial charge in [-0.05, 0) is 13.8 Å². The van der Waals surface area contributed by atoms with Crippen molar-refractivity contribution in [2.75, 3.05) is 18.0 Å². The Morgan fingerprint density at radius 3 is 3.05 bits per heavy atom. The third-order valence-corrected chi connectivity index (χ3v) is 3.23. The molecule has 1 atom stereocenters. The molecule has 1 N–H and O–H groups in total. The van der Waals surface area contributed by atoms with Crippen LogP contribution in [0.3, 0.4) is 0 Å². The minimum atomic E-state index is -0.964. The number of aliphatic hydroxyl groups is 1. The van der Waals surface area contributed by atoms with Gasteiger partial charge in [-0.2, -0.15) is 0 Å². The van der Waals surface area contributed by atoms with E-state index in [0.717, 1.165) is 0 Å². The summed E-state index contributed by atoms with van der Waals surface area (Å²) in [5.41, 5.74) is -0.625. The van der Waals surface area contributed by atoms with Gasteiger partial charge in [-0.3, -0.25) is 0 Å². The molecule has 106 valence electrons. The first kappa shape index (κ1) is 14.2. The first-order valence-corrected chi connectivity index (χ1v) is 6.22. The maximum atomic E-state index is 12.2. The zero-order chi connectivity index (χ0) is 14.9. The number of hydrogen-bond donors (Lipinski definition) is 1. The number of β-amino-alcohol motifs (C(OH)–C–C–N with tert-alkyl or cyclic N) is 1. The molecule has 6 heteroatoms. The van der Waals surface area contributed by atoms with Crippen LogP contribution in [0.4, 0.5) is 10.6 Å². The Kier molecular flexibility index (Phi) is 3.55. The van der Waals surface area contributed by atoms with E-state index in [1.165, 1.54) is 9.80 Å². The van der Waals surface area contributed by atoms with E-state index in [-0.39, 0.29) is 18.4 Å². The molecular weight excluding hydrogens is 258 g/mol. The zero-order valence-corrected chi connectivity index (χ0v) is 11.5. The second-order valence-corrected chi connectivity index (χ2v) is 5.15. The van der Waals surface area contributed by atoms with Gasteiger partial charge in [0.25, 0.3) is 0 Å². The smallest absolute Gasteiger partial charge is 0.328 e. The second-order valence-electron chi connectivity index (χ2n) is 5.15. The van der Waals surface area contributed by atoms with E-state index in [1.807, 2.05) is 13.8 Å². The number of carbonyl (C=O) groups excluding carboxylic acids is 1. The quantitative estimate of drug-likeness (QED) is 0.665. The van der Waals surface area contributed by atoms with Crippen LogP contribution in [0.1, 0.15) is 19.6 Å². The second kappa shape index (κ2) is 5.02. The molecule has 1 saturated heterocycles. The summed E-state index contributed by atoms with van der Waals surface area (Å²) in [6.45, 7) is 7.76. The molecule has 2 heterocycles. The third kappa shape index (κ3) is 2.28. The van der Waals surface area contributed by atoms with Crippen LogP contribution in [0.2, 0.25) is 0 Å². The average molecular weight is 275 g/mol. The number of urea groups is 1. The van der Waals surface area contributed by atoms with E-state index in [1.54, 1.807) is 12.1 Å². The predicted molar refractivity (Wildman–Crippen MR) is 74.0 cm³/mol. The van der Waals surface area contributed by atoms with E-state index in [0.29, 0.717) is 12.3 Å². The molecule has 20 heavy (non-hydrogen) atoms. The van der Waals surface area contributed by atoms with E-state index < -0.39 is 11.6 Å². The van der Waals surface area contributed by atoms with Gasteiger partial charge in [-0.1, -0.05) is 17.2 Å². The Bertz CT molecular complexity index is 570. The molecule has 0 aliphatic carbocycles. The van der Waals surface area contributed by atoms with Crippen LogP contribution in [-0.4, -0.2) is 40.5 Å². The highest BCUT2D eigenvalue weighted by atomic mass is 16.5. The maximum Gasteiger partial charge on any atom is 0.328 e. The largest absolute Gasteiger partial charge is 0.371 e. The molecule has 0 saturated carbocycles. The van der Waals surface area contributed by atoms with Crippen molar-refractivity contribution in [3.63, 3.8) is 0 Å². The van der Waals surface area contributed by atoms with Gasteiger partial charge in [0.05, 0.1) is 12.0 Å². The van der Waals surface area contributed by atoms with Gasteiger partial charge in [-0.25, -0.2) is 9.69 Å². The molecule has 0 spiro atoms. The molecule has 0 aromatic carbocycles. The van der Waals surface area contributed by atoms with Gasteiger partial charge >= 0.3 is 6.03 Å². The lowest BCUT2D eigenvalue weighted by Gasteiger charge is -2.16. The Balaban J connectivity index is 2.27. The lowest BCUT2D eigenvalue weighted by atomic mass is 9.92. The minimum absolute atomic E-state index is 0.200. The van der Waals surface area contributed by atoms with Gasteiger partial charge in [0, 0.05) is 12.6 Å². The number of carbonyl (C=O) groups is 1. The first-order chi connectivity index (χ1) is 9.40. The van der Waals surface area contributed by atoms with Crippen molar-refractivity contribution in [2.45, 2.75) is 25.5 Å². The molecule has 1 fully saturated rings. The maximum absolute atomic E-state index is 12.2. The molecule has 1 aliphatic heterocycles. The minimum Gasteiger partial charge on any atom is -0.371 e. The summed E-state index contributed by atoms with van der Waals surface area (Å²) in [6.07, 6.45) is 6.07. The Labute approximate surface area is 117 Å². The number of nitrogens with zero attached hydrogens (tertiary/aromatic N) is 3. The predicted octanol–water partition coefficient (Wildman–Crippen LogP) is 1.33. The van der Waals surface area contributed by atoms with Gasteiger partial charge in [0.2, 0.25) is 0 Å². The van der Waals surface area contributed by atoms with E-state index in [9.17, 15) is 9.90 Å². The fourth-order valence-corrected chi connectivity index (χ4v) is 1.94. The van der Waals surface area contributed by atoms with Crippen molar-refractivity contribution in [1.29, 1.82) is 0 Å². The first-order valence-electron chi connectivity index (χ1n) is 6.22. The highest BCUT2D eigenvalue weighted by Crippen LogP contribution is 2.29. The lowest BCUT2D eigenvalue weighted by Crippen LogP contribution is -2.35. The molecule has 0 bridgehead atoms. The molecule has 1 aromatic heterocycles. The fourth-order valence-electron chi connectivity index (χ4n) is 1.94. The monoisotopic (exact) mass is 275 g/mol. The highest BCUT2D eigenvalue weighted by Gasteiger charge is 2.39. The number of anilines is 1. The van der Waals surface area contributed by atoms with Gasteiger partial charge in [-0.15, -0.1) is 13.0 Å². The van der Waals surface area contributed by atoms with Crippen LogP contribution in [0, 0.1) is 12.3 Å². The van der Waals surface area contributed by atoms with Crippen LogP contribution in [0.25, 0.3) is 0 Å². The summed E-state index contributed by atoms with van der Waals surface area (Å²) < 4.78 is 5.19. The SMILES string of the molecule is C#CC(C)(C)c1cc(N2C(=O)N(CC=C)CC2O)no1. The van der Waals surface area contributed by atoms with Crippen LogP contribution in [-0.2, 0) is 5.41 Å². The summed E-state index contributed by atoms with van der Waals surface area (Å²) in [5, 5.41) is 13.8. The van der Waals surface area contributed by atoms with E-state index >= 15 is 0 Å². The van der Waals surface area contributed by atoms with Crippen LogP contribution < -0.4 is 4.90 Å². The molecule has 0 radical (unpaired) electrons. The highest BCUT2D eigenvalue weighted by molar-refractivity contribution is 5.93. The van der Waals surface area contributed by atoms with Crippen LogP contribution in [0.5, 0.6) is 0 Å². The number of hydrogen-bond acceptors (Lipinski definition) is 4. The van der Waals surface area contributed by atoms with Crippen molar-refractivity contribution in [1.82, 2.24) is 10.1 Å². The average Bonchev–Trinajstić information content (AvgIpc) is 2.97. The lowest BCUT2D eigenvalue weighted by molar-refractivity contribution is 0.179. The number of aromatic nitrogens is 1. The summed E-state index contributed by atoms with van der Waals surface area (Å²) in [7, 11) is 0. The number of rotatable bonds is 4. The topological polar surface area (TPSA) is 69.8 Å². The molecule has 1 unspecified atom stereocenters. The Morgan fingerprint density at radius 2 is 2.45 bits per heavy atom. The molecule has 6 nitrogen and oxygen atoms in total. The summed E-state index contributed by atoms with van der Waals surface area (Å²) in [4.78, 5) is 14.8. The van der Waals surface area contributed by atoms with Crippen LogP contribution in [0.15, 0.2) is 23.2 Å². The van der Waals surface area contributed by atoms with Crippen molar-refractivity contribution in [3.05, 3.63) is 24.5 Å². The third-order valence-electron chi connectivity index (χ3n) is 3.23. The van der Waals surface area contributed by atoms with Crippen molar-refractivity contribution in [3.8, 4) is 12.3 Å². The molecule has 2 amide bonds. The number of aliphatic hydroxyl groups excluding tert-OH is 1. The summed E-state index contributed by atoms with van der Waals surface area (Å²) in [6, 6.07) is 1.24. The Morgan fingerprint density at radius 1 is 1.75 bits per heavy atom. The van der Waals surface area contributed by atoms with E-state index in [2.05, 4.69) is 17.7 Å². The molecular formula is C14H17N3O3. The zero-order valence-electron chi connectivity index (χ0n) is 11.5. The van der Waals surface area contributed by atoms with Gasteiger partial charge in [0.15, 0.2) is 17.8 Å². The normalized spacial score (nSPS) is 19.3. The number of terminal acetylenes is 1. The number of amides is 2. The summed E-state index contributed by atoms with van der Waals surface area (Å²) >= 11 is 0. The molecule has 1 aliphatic rings.